The molecule has 0 spiro atoms. The summed E-state index contributed by atoms with van der Waals surface area (Å²) in [5.41, 5.74) is 0.190. The molecule has 1 aromatic carbocycles. The van der Waals surface area contributed by atoms with E-state index in [1.165, 1.54) is 36.4 Å². The number of halogens is 3. The third-order valence-corrected chi connectivity index (χ3v) is 5.53. The topological polar surface area (TPSA) is 79.6 Å². The van der Waals surface area contributed by atoms with Crippen molar-refractivity contribution in [3.8, 4) is 0 Å². The third-order valence-electron chi connectivity index (χ3n) is 3.92. The van der Waals surface area contributed by atoms with E-state index in [4.69, 9.17) is 4.42 Å². The second-order valence-electron chi connectivity index (χ2n) is 5.95. The van der Waals surface area contributed by atoms with Crippen molar-refractivity contribution in [1.82, 2.24) is 10.2 Å². The average Bonchev–Trinajstić information content (AvgIpc) is 3.28. The Morgan fingerprint density at radius 2 is 2.00 bits per heavy atom. The van der Waals surface area contributed by atoms with Crippen molar-refractivity contribution in [2.45, 2.75) is 11.5 Å². The molecular weight excluding hydrogens is 441 g/mol. The van der Waals surface area contributed by atoms with Crippen LogP contribution in [0.2, 0.25) is 0 Å². The Kier molecular flexibility index (Phi) is 7.27. The Morgan fingerprint density at radius 3 is 2.73 bits per heavy atom. The minimum atomic E-state index is -2.54. The standard InChI is InChI=1S/C19H15F3N2O4S2/c20-13-4-2-1-3-11(13)9-15-17(26)24(19(27)30-15)8-7-23-16(25)14-6-5-12(28-14)10-29-18(21)22/h1-6,9,18H,7-8,10H2,(H,23,25)/b15-9-. The van der Waals surface area contributed by atoms with Crippen molar-refractivity contribution in [2.75, 3.05) is 13.1 Å². The minimum Gasteiger partial charge on any atom is -0.455 e. The Balaban J connectivity index is 1.53. The molecule has 0 saturated carbocycles. The van der Waals surface area contributed by atoms with Crippen molar-refractivity contribution in [1.29, 1.82) is 0 Å². The van der Waals surface area contributed by atoms with Gasteiger partial charge in [-0.25, -0.2) is 4.39 Å². The van der Waals surface area contributed by atoms with Crippen LogP contribution < -0.4 is 5.32 Å². The molecule has 3 amide bonds. The predicted molar refractivity (Wildman–Crippen MR) is 107 cm³/mol. The van der Waals surface area contributed by atoms with Gasteiger partial charge in [-0.1, -0.05) is 30.0 Å². The number of imide groups is 1. The van der Waals surface area contributed by atoms with Gasteiger partial charge in [0, 0.05) is 18.7 Å². The smallest absolute Gasteiger partial charge is 0.293 e. The second kappa shape index (κ2) is 9.90. The van der Waals surface area contributed by atoms with Crippen molar-refractivity contribution in [3.05, 3.63) is 64.2 Å². The zero-order chi connectivity index (χ0) is 21.7. The fourth-order valence-electron chi connectivity index (χ4n) is 2.52. The van der Waals surface area contributed by atoms with Gasteiger partial charge in [0.1, 0.15) is 11.6 Å². The van der Waals surface area contributed by atoms with Crippen LogP contribution in [0.4, 0.5) is 18.0 Å². The first kappa shape index (κ1) is 22.0. The molecule has 2 aromatic rings. The van der Waals surface area contributed by atoms with E-state index >= 15 is 0 Å². The van der Waals surface area contributed by atoms with Gasteiger partial charge >= 0.3 is 0 Å². The molecule has 6 nitrogen and oxygen atoms in total. The number of thioether (sulfide) groups is 2. The molecule has 1 N–H and O–H groups in total. The van der Waals surface area contributed by atoms with Gasteiger partial charge in [-0.2, -0.15) is 8.78 Å². The fraction of sp³-hybridized carbons (Fsp3) is 0.211. The lowest BCUT2D eigenvalue weighted by Gasteiger charge is -2.12. The molecule has 1 aliphatic rings. The Morgan fingerprint density at radius 1 is 1.23 bits per heavy atom. The molecule has 1 saturated heterocycles. The molecule has 1 fully saturated rings. The van der Waals surface area contributed by atoms with Crippen LogP contribution in [-0.2, 0) is 10.5 Å². The number of hydrogen-bond donors (Lipinski definition) is 1. The molecular formula is C19H15F3N2O4S2. The van der Waals surface area contributed by atoms with Gasteiger partial charge in [0.05, 0.1) is 10.7 Å². The first-order valence-electron chi connectivity index (χ1n) is 8.61. The maximum Gasteiger partial charge on any atom is 0.293 e. The molecule has 1 aliphatic heterocycles. The van der Waals surface area contributed by atoms with Crippen molar-refractivity contribution in [2.24, 2.45) is 0 Å². The number of benzene rings is 1. The molecule has 0 aliphatic carbocycles. The van der Waals surface area contributed by atoms with Gasteiger partial charge < -0.3 is 9.73 Å². The molecule has 0 radical (unpaired) electrons. The number of amides is 3. The summed E-state index contributed by atoms with van der Waals surface area (Å²) in [7, 11) is 0. The van der Waals surface area contributed by atoms with Gasteiger partial charge in [0.15, 0.2) is 5.76 Å². The molecule has 1 aromatic heterocycles. The van der Waals surface area contributed by atoms with E-state index in [0.717, 1.165) is 4.90 Å². The normalized spacial score (nSPS) is 15.5. The monoisotopic (exact) mass is 456 g/mol. The van der Waals surface area contributed by atoms with E-state index < -0.39 is 28.6 Å². The van der Waals surface area contributed by atoms with E-state index in [2.05, 4.69) is 5.32 Å². The SMILES string of the molecule is O=C(NCCN1C(=O)S/C(=C\c2ccccc2F)C1=O)c1ccc(CSC(F)F)o1. The number of hydrogen-bond acceptors (Lipinski definition) is 6. The number of rotatable bonds is 8. The molecule has 0 atom stereocenters. The van der Waals surface area contributed by atoms with Crippen LogP contribution in [-0.4, -0.2) is 40.8 Å². The largest absolute Gasteiger partial charge is 0.455 e. The summed E-state index contributed by atoms with van der Waals surface area (Å²) in [4.78, 5) is 37.6. The number of alkyl halides is 2. The highest BCUT2D eigenvalue weighted by molar-refractivity contribution is 8.18. The Labute approximate surface area is 177 Å². The van der Waals surface area contributed by atoms with E-state index in [0.29, 0.717) is 23.5 Å². The average molecular weight is 456 g/mol. The van der Waals surface area contributed by atoms with Gasteiger partial charge in [-0.3, -0.25) is 19.3 Å². The van der Waals surface area contributed by atoms with Crippen LogP contribution in [0.15, 0.2) is 45.7 Å². The zero-order valence-electron chi connectivity index (χ0n) is 15.3. The maximum atomic E-state index is 13.7. The van der Waals surface area contributed by atoms with Crippen molar-refractivity contribution in [3.63, 3.8) is 0 Å². The molecule has 0 bridgehead atoms. The van der Waals surface area contributed by atoms with Crippen LogP contribution in [0, 0.1) is 5.82 Å². The summed E-state index contributed by atoms with van der Waals surface area (Å²) in [5, 5.41) is 1.97. The third kappa shape index (κ3) is 5.48. The van der Waals surface area contributed by atoms with E-state index in [1.54, 1.807) is 6.07 Å². The summed E-state index contributed by atoms with van der Waals surface area (Å²) in [5.74, 6) is -4.14. The van der Waals surface area contributed by atoms with Crippen LogP contribution in [0.5, 0.6) is 0 Å². The zero-order valence-corrected chi connectivity index (χ0v) is 16.9. The first-order valence-corrected chi connectivity index (χ1v) is 10.5. The quantitative estimate of drug-likeness (QED) is 0.596. The van der Waals surface area contributed by atoms with Crippen LogP contribution in [0.25, 0.3) is 6.08 Å². The Hall–Kier alpha value is -2.66. The van der Waals surface area contributed by atoms with Gasteiger partial charge in [-0.15, -0.1) is 0 Å². The lowest BCUT2D eigenvalue weighted by molar-refractivity contribution is -0.122. The van der Waals surface area contributed by atoms with Gasteiger partial charge in [0.2, 0.25) is 0 Å². The number of carbonyl (C=O) groups is 3. The predicted octanol–water partition coefficient (Wildman–Crippen LogP) is 4.34. The molecule has 158 valence electrons. The summed E-state index contributed by atoms with van der Waals surface area (Å²) >= 11 is 1.06. The Bertz CT molecular complexity index is 994. The molecule has 0 unspecified atom stereocenters. The lowest BCUT2D eigenvalue weighted by atomic mass is 10.2. The van der Waals surface area contributed by atoms with Gasteiger partial charge in [0.25, 0.3) is 22.8 Å². The minimum absolute atomic E-state index is 0.0360. The van der Waals surface area contributed by atoms with E-state index in [-0.39, 0.29) is 40.8 Å². The fourth-order valence-corrected chi connectivity index (χ4v) is 3.82. The highest BCUT2D eigenvalue weighted by atomic mass is 32.2. The summed E-state index contributed by atoms with van der Waals surface area (Å²) < 4.78 is 43.3. The lowest BCUT2D eigenvalue weighted by Crippen LogP contribution is -2.37. The van der Waals surface area contributed by atoms with Crippen molar-refractivity contribution >= 4 is 46.7 Å². The number of furan rings is 1. The molecule has 30 heavy (non-hydrogen) atoms. The number of nitrogens with zero attached hydrogens (tertiary/aromatic N) is 1. The van der Waals surface area contributed by atoms with Gasteiger partial charge in [-0.05, 0) is 36.0 Å². The number of nitrogens with one attached hydrogen (secondary N) is 1. The van der Waals surface area contributed by atoms with Crippen LogP contribution >= 0.6 is 23.5 Å². The summed E-state index contributed by atoms with van der Waals surface area (Å²) in [6, 6.07) is 8.64. The molecule has 3 rings (SSSR count). The van der Waals surface area contributed by atoms with Crippen LogP contribution in [0.3, 0.4) is 0 Å². The maximum absolute atomic E-state index is 13.7. The summed E-state index contributed by atoms with van der Waals surface area (Å²) in [6.45, 7) is -0.120. The van der Waals surface area contributed by atoms with Crippen LogP contribution in [0.1, 0.15) is 21.9 Å². The molecule has 11 heteroatoms. The molecule has 2 heterocycles. The highest BCUT2D eigenvalue weighted by Crippen LogP contribution is 2.32. The van der Waals surface area contributed by atoms with Crippen molar-refractivity contribution < 1.29 is 32.0 Å². The van der Waals surface area contributed by atoms with E-state index in [1.807, 2.05) is 0 Å². The number of carbonyl (C=O) groups excluding carboxylic acids is 3. The summed E-state index contributed by atoms with van der Waals surface area (Å²) in [6.07, 6.45) is 1.31. The highest BCUT2D eigenvalue weighted by Gasteiger charge is 2.34. The second-order valence-corrected chi connectivity index (χ2v) is 7.92. The van der Waals surface area contributed by atoms with E-state index in [9.17, 15) is 27.6 Å². The first-order chi connectivity index (χ1) is 14.3.